The average molecular weight is 268 g/mol. The van der Waals surface area contributed by atoms with Crippen molar-refractivity contribution in [3.63, 3.8) is 0 Å². The SMILES string of the molecule is COCCN(C(=O)CC1(N)CCCC1)C(C)C1CC1. The molecule has 2 saturated carbocycles. The van der Waals surface area contributed by atoms with Gasteiger partial charge in [-0.3, -0.25) is 4.79 Å². The number of nitrogens with two attached hydrogens (primary N) is 1. The predicted octanol–water partition coefficient (Wildman–Crippen LogP) is 1.92. The molecule has 2 aliphatic rings. The van der Waals surface area contributed by atoms with Gasteiger partial charge in [0.25, 0.3) is 0 Å². The maximum atomic E-state index is 12.6. The van der Waals surface area contributed by atoms with E-state index < -0.39 is 0 Å². The molecule has 4 nitrogen and oxygen atoms in total. The Bertz CT molecular complexity index is 309. The fourth-order valence-corrected chi connectivity index (χ4v) is 3.24. The van der Waals surface area contributed by atoms with Gasteiger partial charge in [0, 0.05) is 31.7 Å². The van der Waals surface area contributed by atoms with Crippen LogP contribution in [0.3, 0.4) is 0 Å². The summed E-state index contributed by atoms with van der Waals surface area (Å²) < 4.78 is 5.14. The minimum Gasteiger partial charge on any atom is -0.383 e. The van der Waals surface area contributed by atoms with E-state index in [1.165, 1.54) is 25.7 Å². The van der Waals surface area contributed by atoms with E-state index in [0.29, 0.717) is 31.5 Å². The molecular weight excluding hydrogens is 240 g/mol. The van der Waals surface area contributed by atoms with Crippen molar-refractivity contribution in [1.29, 1.82) is 0 Å². The zero-order chi connectivity index (χ0) is 13.9. The minimum absolute atomic E-state index is 0.223. The quantitative estimate of drug-likeness (QED) is 0.767. The van der Waals surface area contributed by atoms with Crippen LogP contribution in [0.25, 0.3) is 0 Å². The van der Waals surface area contributed by atoms with Crippen molar-refractivity contribution in [3.8, 4) is 0 Å². The highest BCUT2D eigenvalue weighted by atomic mass is 16.5. The van der Waals surface area contributed by atoms with Crippen molar-refractivity contribution >= 4 is 5.91 Å². The van der Waals surface area contributed by atoms with Gasteiger partial charge in [0.1, 0.15) is 0 Å². The Kier molecular flexibility index (Phi) is 4.85. The van der Waals surface area contributed by atoms with Crippen molar-refractivity contribution in [2.45, 2.75) is 63.5 Å². The lowest BCUT2D eigenvalue weighted by atomic mass is 9.93. The van der Waals surface area contributed by atoms with Crippen LogP contribution in [0.2, 0.25) is 0 Å². The molecule has 1 unspecified atom stereocenters. The van der Waals surface area contributed by atoms with Crippen LogP contribution in [0.4, 0.5) is 0 Å². The van der Waals surface area contributed by atoms with Crippen LogP contribution in [-0.4, -0.2) is 42.6 Å². The van der Waals surface area contributed by atoms with Crippen molar-refractivity contribution in [2.75, 3.05) is 20.3 Å². The van der Waals surface area contributed by atoms with Crippen LogP contribution < -0.4 is 5.73 Å². The number of rotatable bonds is 7. The van der Waals surface area contributed by atoms with Crippen LogP contribution in [0, 0.1) is 5.92 Å². The molecule has 0 aromatic rings. The summed E-state index contributed by atoms with van der Waals surface area (Å²) in [6, 6.07) is 0.340. The van der Waals surface area contributed by atoms with Crippen molar-refractivity contribution in [2.24, 2.45) is 11.7 Å². The van der Waals surface area contributed by atoms with Crippen LogP contribution in [-0.2, 0) is 9.53 Å². The third-order valence-electron chi connectivity index (χ3n) is 4.76. The fourth-order valence-electron chi connectivity index (χ4n) is 3.24. The van der Waals surface area contributed by atoms with E-state index in [9.17, 15) is 4.79 Å². The van der Waals surface area contributed by atoms with E-state index in [2.05, 4.69) is 6.92 Å². The lowest BCUT2D eigenvalue weighted by Gasteiger charge is -2.33. The molecule has 19 heavy (non-hydrogen) atoms. The number of methoxy groups -OCH3 is 1. The van der Waals surface area contributed by atoms with Crippen LogP contribution in [0.1, 0.15) is 51.9 Å². The van der Waals surface area contributed by atoms with E-state index in [1.807, 2.05) is 4.90 Å². The van der Waals surface area contributed by atoms with Gasteiger partial charge in [0.2, 0.25) is 5.91 Å². The molecule has 0 aliphatic heterocycles. The molecular formula is C15H28N2O2. The first kappa shape index (κ1) is 14.8. The average Bonchev–Trinajstić information content (AvgIpc) is 3.13. The van der Waals surface area contributed by atoms with E-state index in [1.54, 1.807) is 7.11 Å². The van der Waals surface area contributed by atoms with Gasteiger partial charge in [-0.15, -0.1) is 0 Å². The summed E-state index contributed by atoms with van der Waals surface area (Å²) in [5, 5.41) is 0. The summed E-state index contributed by atoms with van der Waals surface area (Å²) in [5.41, 5.74) is 6.10. The van der Waals surface area contributed by atoms with Gasteiger partial charge in [0.15, 0.2) is 0 Å². The molecule has 1 amide bonds. The highest BCUT2D eigenvalue weighted by Crippen LogP contribution is 2.36. The van der Waals surface area contributed by atoms with E-state index in [-0.39, 0.29) is 11.4 Å². The summed E-state index contributed by atoms with van der Waals surface area (Å²) in [4.78, 5) is 14.6. The minimum atomic E-state index is -0.244. The fraction of sp³-hybridized carbons (Fsp3) is 0.933. The third-order valence-corrected chi connectivity index (χ3v) is 4.76. The van der Waals surface area contributed by atoms with E-state index in [0.717, 1.165) is 12.8 Å². The number of hydrogen-bond donors (Lipinski definition) is 1. The molecule has 4 heteroatoms. The lowest BCUT2D eigenvalue weighted by Crippen LogP contribution is -2.48. The zero-order valence-electron chi connectivity index (χ0n) is 12.4. The molecule has 2 N–H and O–H groups in total. The third kappa shape index (κ3) is 3.93. The molecule has 2 aliphatic carbocycles. The normalized spacial score (nSPS) is 23.3. The maximum absolute atomic E-state index is 12.6. The number of nitrogens with zero attached hydrogens (tertiary/aromatic N) is 1. The van der Waals surface area contributed by atoms with Gasteiger partial charge >= 0.3 is 0 Å². The second-order valence-electron chi connectivity index (χ2n) is 6.40. The Balaban J connectivity index is 1.93. The maximum Gasteiger partial charge on any atom is 0.224 e. The second-order valence-corrected chi connectivity index (χ2v) is 6.40. The van der Waals surface area contributed by atoms with Gasteiger partial charge in [-0.2, -0.15) is 0 Å². The van der Waals surface area contributed by atoms with Crippen LogP contribution in [0.15, 0.2) is 0 Å². The standard InChI is InChI=1S/C15H28N2O2/c1-12(13-5-6-13)17(9-10-19-2)14(18)11-15(16)7-3-4-8-15/h12-13H,3-11,16H2,1-2H3. The summed E-state index contributed by atoms with van der Waals surface area (Å²) in [6.45, 7) is 3.48. The molecule has 0 spiro atoms. The highest BCUT2D eigenvalue weighted by Gasteiger charge is 2.38. The topological polar surface area (TPSA) is 55.6 Å². The van der Waals surface area contributed by atoms with E-state index >= 15 is 0 Å². The molecule has 0 heterocycles. The Morgan fingerprint density at radius 3 is 2.58 bits per heavy atom. The molecule has 0 radical (unpaired) electrons. The molecule has 0 aromatic carbocycles. The first-order valence-electron chi connectivity index (χ1n) is 7.63. The summed E-state index contributed by atoms with van der Waals surface area (Å²) in [6.07, 6.45) is 7.34. The number of amides is 1. The Morgan fingerprint density at radius 1 is 1.42 bits per heavy atom. The highest BCUT2D eigenvalue weighted by molar-refractivity contribution is 5.78. The van der Waals surface area contributed by atoms with Crippen molar-refractivity contribution in [3.05, 3.63) is 0 Å². The first-order chi connectivity index (χ1) is 9.06. The van der Waals surface area contributed by atoms with Gasteiger partial charge in [-0.05, 0) is 38.5 Å². The van der Waals surface area contributed by atoms with Crippen molar-refractivity contribution < 1.29 is 9.53 Å². The van der Waals surface area contributed by atoms with Gasteiger partial charge in [-0.25, -0.2) is 0 Å². The number of ether oxygens (including phenoxy) is 1. The number of hydrogen-bond acceptors (Lipinski definition) is 3. The largest absolute Gasteiger partial charge is 0.383 e. The predicted molar refractivity (Wildman–Crippen MR) is 75.8 cm³/mol. The number of carbonyl (C=O) groups is 1. The van der Waals surface area contributed by atoms with Gasteiger partial charge in [-0.1, -0.05) is 12.8 Å². The summed E-state index contributed by atoms with van der Waals surface area (Å²) >= 11 is 0. The summed E-state index contributed by atoms with van der Waals surface area (Å²) in [7, 11) is 1.69. The number of carbonyl (C=O) groups excluding carboxylic acids is 1. The molecule has 110 valence electrons. The van der Waals surface area contributed by atoms with Gasteiger partial charge < -0.3 is 15.4 Å². The Morgan fingerprint density at radius 2 is 2.05 bits per heavy atom. The molecule has 0 aromatic heterocycles. The van der Waals surface area contributed by atoms with Crippen molar-refractivity contribution in [1.82, 2.24) is 4.90 Å². The first-order valence-corrected chi connectivity index (χ1v) is 7.63. The molecule has 2 fully saturated rings. The second kappa shape index (κ2) is 6.23. The van der Waals surface area contributed by atoms with E-state index in [4.69, 9.17) is 10.5 Å². The lowest BCUT2D eigenvalue weighted by molar-refractivity contribution is -0.135. The molecule has 1 atom stereocenters. The molecule has 0 bridgehead atoms. The molecule has 2 rings (SSSR count). The van der Waals surface area contributed by atoms with Crippen LogP contribution in [0.5, 0.6) is 0 Å². The monoisotopic (exact) mass is 268 g/mol. The summed E-state index contributed by atoms with van der Waals surface area (Å²) in [5.74, 6) is 0.916. The Hall–Kier alpha value is -0.610. The van der Waals surface area contributed by atoms with Crippen LogP contribution >= 0.6 is 0 Å². The zero-order valence-corrected chi connectivity index (χ0v) is 12.4. The smallest absolute Gasteiger partial charge is 0.224 e. The van der Waals surface area contributed by atoms with Gasteiger partial charge in [0.05, 0.1) is 6.61 Å². The molecule has 0 saturated heterocycles. The Labute approximate surface area is 116 Å².